The van der Waals surface area contributed by atoms with Gasteiger partial charge < -0.3 is 9.32 Å². The van der Waals surface area contributed by atoms with Gasteiger partial charge in [0.1, 0.15) is 0 Å². The predicted octanol–water partition coefficient (Wildman–Crippen LogP) is 1.80. The van der Waals surface area contributed by atoms with E-state index < -0.39 is 4.92 Å². The second-order valence-corrected chi connectivity index (χ2v) is 7.38. The van der Waals surface area contributed by atoms with E-state index in [0.29, 0.717) is 23.9 Å². The zero-order valence-electron chi connectivity index (χ0n) is 16.9. The van der Waals surface area contributed by atoms with E-state index in [1.165, 1.54) is 12.1 Å². The number of carbonyl (C=O) groups is 1. The fraction of sp³-hybridized carbons (Fsp3) is 0.526. The van der Waals surface area contributed by atoms with E-state index in [1.54, 1.807) is 31.1 Å². The monoisotopic (exact) mass is 402 g/mol. The van der Waals surface area contributed by atoms with E-state index in [9.17, 15) is 14.9 Å². The van der Waals surface area contributed by atoms with E-state index in [2.05, 4.69) is 20.0 Å². The van der Waals surface area contributed by atoms with E-state index in [1.807, 2.05) is 6.92 Å². The molecule has 0 bridgehead atoms. The highest BCUT2D eigenvalue weighted by atomic mass is 16.6. The Morgan fingerprint density at radius 2 is 1.93 bits per heavy atom. The molecule has 10 heteroatoms. The van der Waals surface area contributed by atoms with E-state index >= 15 is 0 Å². The maximum Gasteiger partial charge on any atom is 0.269 e. The molecule has 29 heavy (non-hydrogen) atoms. The molecule has 1 aliphatic heterocycles. The van der Waals surface area contributed by atoms with E-state index in [0.717, 1.165) is 32.6 Å². The van der Waals surface area contributed by atoms with Gasteiger partial charge >= 0.3 is 0 Å². The van der Waals surface area contributed by atoms with Gasteiger partial charge in [0.25, 0.3) is 5.69 Å². The highest BCUT2D eigenvalue weighted by molar-refractivity contribution is 5.77. The summed E-state index contributed by atoms with van der Waals surface area (Å²) in [6.07, 6.45) is 0.953. The van der Waals surface area contributed by atoms with Crippen LogP contribution in [-0.4, -0.2) is 82.5 Å². The molecule has 10 nitrogen and oxygen atoms in total. The van der Waals surface area contributed by atoms with Gasteiger partial charge in [0, 0.05) is 51.4 Å². The van der Waals surface area contributed by atoms with Crippen molar-refractivity contribution in [3.8, 4) is 11.5 Å². The van der Waals surface area contributed by atoms with Crippen LogP contribution in [0.2, 0.25) is 0 Å². The standard InChI is InChI=1S/C19H26N6O4/c1-14(24-10-4-9-23(11-12-24)13-17(26)22(2)3)18-20-21-19(29-18)15-5-7-16(8-6-15)25(27)28/h5-8,14H,4,9-13H2,1-3H3. The molecular weight excluding hydrogens is 376 g/mol. The molecule has 0 N–H and O–H groups in total. The van der Waals surface area contributed by atoms with Gasteiger partial charge in [-0.2, -0.15) is 0 Å². The molecule has 3 rings (SSSR count). The number of nitro groups is 1. The van der Waals surface area contributed by atoms with Gasteiger partial charge in [0.2, 0.25) is 17.7 Å². The number of carbonyl (C=O) groups excluding carboxylic acids is 1. The summed E-state index contributed by atoms with van der Waals surface area (Å²) in [6.45, 7) is 5.81. The number of hydrogen-bond acceptors (Lipinski definition) is 8. The molecule has 0 aliphatic carbocycles. The van der Waals surface area contributed by atoms with Gasteiger partial charge in [-0.25, -0.2) is 0 Å². The normalized spacial score (nSPS) is 16.9. The molecule has 1 amide bonds. The molecule has 1 saturated heterocycles. The molecular formula is C19H26N6O4. The second-order valence-electron chi connectivity index (χ2n) is 7.38. The van der Waals surface area contributed by atoms with Gasteiger partial charge in [0.05, 0.1) is 17.5 Å². The van der Waals surface area contributed by atoms with Gasteiger partial charge in [0.15, 0.2) is 0 Å². The zero-order chi connectivity index (χ0) is 21.0. The zero-order valence-corrected chi connectivity index (χ0v) is 16.9. The van der Waals surface area contributed by atoms with Gasteiger partial charge in [-0.05, 0) is 32.0 Å². The number of benzene rings is 1. The number of amides is 1. The summed E-state index contributed by atoms with van der Waals surface area (Å²) in [6, 6.07) is 5.98. The van der Waals surface area contributed by atoms with Crippen molar-refractivity contribution in [3.63, 3.8) is 0 Å². The number of non-ortho nitro benzene ring substituents is 1. The predicted molar refractivity (Wildman–Crippen MR) is 106 cm³/mol. The lowest BCUT2D eigenvalue weighted by atomic mass is 10.2. The largest absolute Gasteiger partial charge is 0.419 e. The Labute approximate surface area is 169 Å². The maximum absolute atomic E-state index is 12.0. The lowest BCUT2D eigenvalue weighted by Crippen LogP contribution is -2.39. The van der Waals surface area contributed by atoms with Gasteiger partial charge in [-0.1, -0.05) is 0 Å². The Bertz CT molecular complexity index is 851. The SMILES string of the molecule is CC(c1nnc(-c2ccc([N+](=O)[O-])cc2)o1)N1CCCN(CC(=O)N(C)C)CC1. The molecule has 0 radical (unpaired) electrons. The van der Waals surface area contributed by atoms with Crippen LogP contribution in [0.25, 0.3) is 11.5 Å². The molecule has 1 unspecified atom stereocenters. The number of likely N-dealkylation sites (N-methyl/N-ethyl adjacent to an activating group) is 1. The van der Waals surface area contributed by atoms with Crippen LogP contribution >= 0.6 is 0 Å². The van der Waals surface area contributed by atoms with Crippen LogP contribution in [0.5, 0.6) is 0 Å². The van der Waals surface area contributed by atoms with E-state index in [-0.39, 0.29) is 17.6 Å². The maximum atomic E-state index is 12.0. The highest BCUT2D eigenvalue weighted by Gasteiger charge is 2.25. The molecule has 2 heterocycles. The molecule has 1 aromatic carbocycles. The van der Waals surface area contributed by atoms with Gasteiger partial charge in [-0.15, -0.1) is 10.2 Å². The van der Waals surface area contributed by atoms with Crippen LogP contribution in [0.1, 0.15) is 25.3 Å². The minimum Gasteiger partial charge on any atom is -0.419 e. The Balaban J connectivity index is 1.63. The Kier molecular flexibility index (Phi) is 6.55. The first-order chi connectivity index (χ1) is 13.8. The number of nitro benzene ring substituents is 1. The molecule has 1 aromatic heterocycles. The fourth-order valence-corrected chi connectivity index (χ4v) is 3.27. The summed E-state index contributed by atoms with van der Waals surface area (Å²) in [5.74, 6) is 0.960. The minimum atomic E-state index is -0.445. The van der Waals surface area contributed by atoms with Crippen LogP contribution in [0.3, 0.4) is 0 Å². The van der Waals surface area contributed by atoms with Crippen molar-refractivity contribution < 1.29 is 14.1 Å². The Hall–Kier alpha value is -2.85. The van der Waals surface area contributed by atoms with Crippen LogP contribution in [0.15, 0.2) is 28.7 Å². The molecule has 1 atom stereocenters. The average molecular weight is 402 g/mol. The van der Waals surface area contributed by atoms with Crippen molar-refractivity contribution in [3.05, 3.63) is 40.3 Å². The van der Waals surface area contributed by atoms with Crippen LogP contribution in [-0.2, 0) is 4.79 Å². The lowest BCUT2D eigenvalue weighted by molar-refractivity contribution is -0.384. The average Bonchev–Trinajstić information content (AvgIpc) is 3.08. The first-order valence-corrected chi connectivity index (χ1v) is 9.60. The fourth-order valence-electron chi connectivity index (χ4n) is 3.27. The molecule has 156 valence electrons. The number of nitrogens with zero attached hydrogens (tertiary/aromatic N) is 6. The van der Waals surface area contributed by atoms with Crippen LogP contribution in [0, 0.1) is 10.1 Å². The summed E-state index contributed by atoms with van der Waals surface area (Å²) in [4.78, 5) is 28.4. The van der Waals surface area contributed by atoms with Crippen molar-refractivity contribution in [2.24, 2.45) is 0 Å². The molecule has 1 aliphatic rings. The quantitative estimate of drug-likeness (QED) is 0.531. The third-order valence-electron chi connectivity index (χ3n) is 5.15. The number of hydrogen-bond donors (Lipinski definition) is 0. The highest BCUT2D eigenvalue weighted by Crippen LogP contribution is 2.26. The lowest BCUT2D eigenvalue weighted by Gasteiger charge is -2.25. The van der Waals surface area contributed by atoms with Crippen molar-refractivity contribution in [1.29, 1.82) is 0 Å². The third kappa shape index (κ3) is 5.15. The molecule has 2 aromatic rings. The molecule has 0 saturated carbocycles. The Morgan fingerprint density at radius 3 is 2.59 bits per heavy atom. The third-order valence-corrected chi connectivity index (χ3v) is 5.15. The number of rotatable bonds is 6. The second kappa shape index (κ2) is 9.10. The van der Waals surface area contributed by atoms with Crippen LogP contribution < -0.4 is 0 Å². The number of aromatic nitrogens is 2. The summed E-state index contributed by atoms with van der Waals surface area (Å²) in [7, 11) is 3.54. The van der Waals surface area contributed by atoms with Crippen molar-refractivity contribution >= 4 is 11.6 Å². The summed E-state index contributed by atoms with van der Waals surface area (Å²) in [5.41, 5.74) is 0.662. The molecule has 1 fully saturated rings. The summed E-state index contributed by atoms with van der Waals surface area (Å²) >= 11 is 0. The van der Waals surface area contributed by atoms with Crippen LogP contribution in [0.4, 0.5) is 5.69 Å². The van der Waals surface area contributed by atoms with Crippen molar-refractivity contribution in [1.82, 2.24) is 24.9 Å². The van der Waals surface area contributed by atoms with Crippen molar-refractivity contribution in [2.75, 3.05) is 46.8 Å². The summed E-state index contributed by atoms with van der Waals surface area (Å²) in [5, 5.41) is 19.1. The van der Waals surface area contributed by atoms with Gasteiger partial charge in [-0.3, -0.25) is 24.7 Å². The van der Waals surface area contributed by atoms with E-state index in [4.69, 9.17) is 4.42 Å². The summed E-state index contributed by atoms with van der Waals surface area (Å²) < 4.78 is 5.84. The first kappa shape index (κ1) is 20.9. The topological polar surface area (TPSA) is 109 Å². The van der Waals surface area contributed by atoms with Crippen molar-refractivity contribution in [2.45, 2.75) is 19.4 Å². The minimum absolute atomic E-state index is 0.0173. The smallest absolute Gasteiger partial charge is 0.269 e. The molecule has 0 spiro atoms. The first-order valence-electron chi connectivity index (χ1n) is 9.60. The Morgan fingerprint density at radius 1 is 1.21 bits per heavy atom.